The maximum Gasteiger partial charge on any atom is 0.265 e. The van der Waals surface area contributed by atoms with Crippen molar-refractivity contribution in [3.63, 3.8) is 0 Å². The molecular weight excluding hydrogens is 364 g/mol. The third kappa shape index (κ3) is 6.93. The Bertz CT molecular complexity index is 819. The Morgan fingerprint density at radius 1 is 1.00 bits per heavy atom. The van der Waals surface area contributed by atoms with Gasteiger partial charge in [0.25, 0.3) is 5.91 Å². The summed E-state index contributed by atoms with van der Waals surface area (Å²) in [7, 11) is 3.51. The molecule has 0 heterocycles. The smallest absolute Gasteiger partial charge is 0.265 e. The van der Waals surface area contributed by atoms with Gasteiger partial charge in [-0.25, -0.2) is 0 Å². The van der Waals surface area contributed by atoms with Crippen molar-refractivity contribution in [2.24, 2.45) is 0 Å². The molecule has 0 saturated heterocycles. The molecule has 5 nitrogen and oxygen atoms in total. The monoisotopic (exact) mass is 396 g/mol. The van der Waals surface area contributed by atoms with E-state index in [2.05, 4.69) is 26.1 Å². The van der Waals surface area contributed by atoms with Crippen LogP contribution in [0.1, 0.15) is 45.2 Å². The molecule has 1 atom stereocenters. The summed E-state index contributed by atoms with van der Waals surface area (Å²) in [6.45, 7) is 8.20. The highest BCUT2D eigenvalue weighted by Gasteiger charge is 2.17. The largest absolute Gasteiger partial charge is 0.481 e. The van der Waals surface area contributed by atoms with Crippen LogP contribution in [0, 0.1) is 0 Å². The Morgan fingerprint density at radius 3 is 2.10 bits per heavy atom. The lowest BCUT2D eigenvalue weighted by Gasteiger charge is -2.20. The molecule has 0 aliphatic carbocycles. The first-order chi connectivity index (χ1) is 13.6. The second-order valence-corrected chi connectivity index (χ2v) is 8.51. The fourth-order valence-corrected chi connectivity index (χ4v) is 2.76. The number of carbonyl (C=O) groups is 2. The molecule has 5 heteroatoms. The normalized spacial score (nSPS) is 12.2. The lowest BCUT2D eigenvalue weighted by atomic mass is 9.87. The average molecular weight is 397 g/mol. The number of hydrogen-bond donors (Lipinski definition) is 1. The molecule has 0 spiro atoms. The van der Waals surface area contributed by atoms with Crippen LogP contribution in [0.5, 0.6) is 5.75 Å². The molecule has 0 aliphatic rings. The fraction of sp³-hybridized carbons (Fsp3) is 0.417. The highest BCUT2D eigenvalue weighted by molar-refractivity contribution is 5.94. The summed E-state index contributed by atoms with van der Waals surface area (Å²) in [5.41, 5.74) is 3.06. The molecule has 2 aromatic rings. The van der Waals surface area contributed by atoms with Crippen molar-refractivity contribution in [3.05, 3.63) is 59.7 Å². The molecule has 0 radical (unpaired) electrons. The minimum absolute atomic E-state index is 0.0768. The number of carbonyl (C=O) groups excluding carboxylic acids is 2. The van der Waals surface area contributed by atoms with Gasteiger partial charge in [-0.1, -0.05) is 45.0 Å². The Kier molecular flexibility index (Phi) is 7.43. The molecule has 0 aliphatic heterocycles. The Hall–Kier alpha value is -2.82. The van der Waals surface area contributed by atoms with Gasteiger partial charge in [-0.15, -0.1) is 0 Å². The molecule has 0 saturated carbocycles. The number of rotatable bonds is 7. The van der Waals surface area contributed by atoms with Gasteiger partial charge in [-0.05, 0) is 54.2 Å². The fourth-order valence-electron chi connectivity index (χ4n) is 2.76. The van der Waals surface area contributed by atoms with Gasteiger partial charge in [0.15, 0.2) is 6.10 Å². The van der Waals surface area contributed by atoms with Crippen molar-refractivity contribution in [2.45, 2.75) is 52.1 Å². The van der Waals surface area contributed by atoms with E-state index in [4.69, 9.17) is 4.74 Å². The summed E-state index contributed by atoms with van der Waals surface area (Å²) >= 11 is 0. The van der Waals surface area contributed by atoms with E-state index in [0.717, 1.165) is 5.56 Å². The summed E-state index contributed by atoms with van der Waals surface area (Å²) < 4.78 is 5.77. The van der Waals surface area contributed by atoms with Crippen molar-refractivity contribution in [2.75, 3.05) is 19.4 Å². The highest BCUT2D eigenvalue weighted by Crippen LogP contribution is 2.24. The van der Waals surface area contributed by atoms with E-state index in [9.17, 15) is 9.59 Å². The summed E-state index contributed by atoms with van der Waals surface area (Å²) in [6.07, 6.45) is 0.528. The predicted molar refractivity (Wildman–Crippen MR) is 117 cm³/mol. The Morgan fingerprint density at radius 2 is 1.59 bits per heavy atom. The molecule has 0 aromatic heterocycles. The molecule has 1 unspecified atom stereocenters. The first kappa shape index (κ1) is 22.5. The molecule has 29 heavy (non-hydrogen) atoms. The lowest BCUT2D eigenvalue weighted by Crippen LogP contribution is -2.30. The van der Waals surface area contributed by atoms with E-state index in [-0.39, 0.29) is 17.2 Å². The van der Waals surface area contributed by atoms with Gasteiger partial charge < -0.3 is 15.0 Å². The first-order valence-electron chi connectivity index (χ1n) is 9.93. The number of nitrogens with one attached hydrogen (secondary N) is 1. The van der Waals surface area contributed by atoms with Gasteiger partial charge in [0, 0.05) is 26.2 Å². The van der Waals surface area contributed by atoms with Gasteiger partial charge in [0.2, 0.25) is 5.91 Å². The number of aryl methyl sites for hydroxylation is 1. The van der Waals surface area contributed by atoms with Crippen LogP contribution < -0.4 is 10.1 Å². The second kappa shape index (κ2) is 9.59. The van der Waals surface area contributed by atoms with Crippen LogP contribution in [0.3, 0.4) is 0 Å². The molecule has 0 bridgehead atoms. The van der Waals surface area contributed by atoms with Crippen LogP contribution in [0.4, 0.5) is 5.69 Å². The lowest BCUT2D eigenvalue weighted by molar-refractivity contribution is -0.128. The van der Waals surface area contributed by atoms with E-state index in [1.165, 1.54) is 5.56 Å². The molecule has 2 aromatic carbocycles. The van der Waals surface area contributed by atoms with Crippen LogP contribution in [0.2, 0.25) is 0 Å². The van der Waals surface area contributed by atoms with Crippen LogP contribution >= 0.6 is 0 Å². The maximum atomic E-state index is 12.4. The van der Waals surface area contributed by atoms with E-state index in [1.807, 2.05) is 48.5 Å². The summed E-state index contributed by atoms with van der Waals surface area (Å²) in [5.74, 6) is 0.561. The van der Waals surface area contributed by atoms with Crippen LogP contribution in [0.15, 0.2) is 48.5 Å². The minimum Gasteiger partial charge on any atom is -0.481 e. The molecule has 0 fully saturated rings. The Balaban J connectivity index is 1.88. The second-order valence-electron chi connectivity index (χ2n) is 8.51. The van der Waals surface area contributed by atoms with Gasteiger partial charge in [0.1, 0.15) is 5.75 Å². The van der Waals surface area contributed by atoms with E-state index in [0.29, 0.717) is 24.3 Å². The zero-order chi connectivity index (χ0) is 21.6. The van der Waals surface area contributed by atoms with Crippen molar-refractivity contribution in [3.8, 4) is 5.75 Å². The number of hydrogen-bond acceptors (Lipinski definition) is 3. The third-order valence-electron chi connectivity index (χ3n) is 4.75. The molecule has 2 amide bonds. The number of nitrogens with zero attached hydrogens (tertiary/aromatic N) is 1. The van der Waals surface area contributed by atoms with E-state index >= 15 is 0 Å². The number of ether oxygens (including phenoxy) is 1. The van der Waals surface area contributed by atoms with Crippen LogP contribution in [-0.2, 0) is 21.4 Å². The number of benzene rings is 2. The van der Waals surface area contributed by atoms with Gasteiger partial charge in [-0.2, -0.15) is 0 Å². The summed E-state index contributed by atoms with van der Waals surface area (Å²) in [4.78, 5) is 25.7. The van der Waals surface area contributed by atoms with Gasteiger partial charge in [-0.3, -0.25) is 9.59 Å². The molecular formula is C24H32N2O3. The van der Waals surface area contributed by atoms with Crippen molar-refractivity contribution in [1.29, 1.82) is 0 Å². The zero-order valence-electron chi connectivity index (χ0n) is 18.3. The number of anilines is 1. The van der Waals surface area contributed by atoms with Crippen molar-refractivity contribution in [1.82, 2.24) is 4.90 Å². The maximum absolute atomic E-state index is 12.4. The standard InChI is InChI=1S/C24H32N2O3/c1-17(29-21-14-10-19(11-15-21)24(2,3)4)23(28)25-20-12-7-18(8-13-20)9-16-22(27)26(5)6/h7-8,10-15,17H,9,16H2,1-6H3,(H,25,28). The van der Waals surface area contributed by atoms with Crippen LogP contribution in [0.25, 0.3) is 0 Å². The zero-order valence-corrected chi connectivity index (χ0v) is 18.3. The molecule has 1 N–H and O–H groups in total. The molecule has 2 rings (SSSR count). The van der Waals surface area contributed by atoms with E-state index in [1.54, 1.807) is 25.9 Å². The quantitative estimate of drug-likeness (QED) is 0.754. The molecule has 156 valence electrons. The average Bonchev–Trinajstić information content (AvgIpc) is 2.66. The van der Waals surface area contributed by atoms with Crippen molar-refractivity contribution >= 4 is 17.5 Å². The third-order valence-corrected chi connectivity index (χ3v) is 4.75. The van der Waals surface area contributed by atoms with E-state index < -0.39 is 6.10 Å². The predicted octanol–water partition coefficient (Wildman–Crippen LogP) is 4.41. The highest BCUT2D eigenvalue weighted by atomic mass is 16.5. The van der Waals surface area contributed by atoms with Crippen molar-refractivity contribution < 1.29 is 14.3 Å². The number of amides is 2. The van der Waals surface area contributed by atoms with Gasteiger partial charge >= 0.3 is 0 Å². The Labute approximate surface area is 174 Å². The minimum atomic E-state index is -0.618. The van der Waals surface area contributed by atoms with Crippen LogP contribution in [-0.4, -0.2) is 36.9 Å². The first-order valence-corrected chi connectivity index (χ1v) is 9.93. The van der Waals surface area contributed by atoms with Gasteiger partial charge in [0.05, 0.1) is 0 Å². The summed E-state index contributed by atoms with van der Waals surface area (Å²) in [5, 5.41) is 2.87. The topological polar surface area (TPSA) is 58.6 Å². The SMILES string of the molecule is CC(Oc1ccc(C(C)(C)C)cc1)C(=O)Nc1ccc(CCC(=O)N(C)C)cc1. The summed E-state index contributed by atoms with van der Waals surface area (Å²) in [6, 6.07) is 15.4.